The molecule has 4 aliphatic rings. The molecule has 0 radical (unpaired) electrons. The summed E-state index contributed by atoms with van der Waals surface area (Å²) in [6, 6.07) is 0. The summed E-state index contributed by atoms with van der Waals surface area (Å²) in [6.45, 7) is 11.3. The van der Waals surface area contributed by atoms with Crippen molar-refractivity contribution in [2.75, 3.05) is 0 Å². The molecule has 0 aromatic heterocycles. The monoisotopic (exact) mass is 453 g/mol. The lowest BCUT2D eigenvalue weighted by atomic mass is 9.46. The maximum Gasteiger partial charge on any atom is 0.395 e. The summed E-state index contributed by atoms with van der Waals surface area (Å²) in [6.07, 6.45) is 5.77. The summed E-state index contributed by atoms with van der Waals surface area (Å²) in [5, 5.41) is 2.84. The Morgan fingerprint density at radius 1 is 1.06 bits per heavy atom. The van der Waals surface area contributed by atoms with Crippen LogP contribution < -0.4 is 5.32 Å². The highest BCUT2D eigenvalue weighted by Crippen LogP contribution is 2.68. The van der Waals surface area contributed by atoms with Crippen LogP contribution in [0.25, 0.3) is 0 Å². The fourth-order valence-corrected chi connectivity index (χ4v) is 8.55. The number of carbonyl (C=O) groups is 1. The number of hydrogen-bond donors (Lipinski definition) is 1. The number of allylic oxidation sites excluding steroid dienone is 2. The number of fused-ring (bicyclic) bond motifs is 5. The molecule has 0 aromatic rings. The predicted octanol–water partition coefficient (Wildman–Crippen LogP) is 7.50. The smallest absolute Gasteiger partial charge is 0.330 e. The molecule has 8 atom stereocenters. The summed E-state index contributed by atoms with van der Waals surface area (Å²) in [5.41, 5.74) is 0.224. The summed E-state index contributed by atoms with van der Waals surface area (Å²) in [5.74, 6) is 0.00371. The van der Waals surface area contributed by atoms with Crippen LogP contribution >= 0.6 is 0 Å². The van der Waals surface area contributed by atoms with Gasteiger partial charge in [0, 0.05) is 17.5 Å². The number of amides is 1. The lowest BCUT2D eigenvalue weighted by molar-refractivity contribution is -0.209. The molecule has 3 fully saturated rings. The van der Waals surface area contributed by atoms with Gasteiger partial charge in [-0.15, -0.1) is 0 Å². The number of carbonyl (C=O) groups excluding carboxylic acids is 1. The minimum absolute atomic E-state index is 0.00152. The standard InChI is InChI=1S/C27H42F3NO/c1-16(2)7-6-8-17(3)18-9-10-19-24-20(11-13-25(18,19)4)26(5)14-12-23(32)31-22(26)15-21(24)27(28,29)30/h15-21,24H,6-14H2,1-5H3,(H,31,32)/t17-,18-,19+,20+,21?,24+,25-,26-/m1/s1. The average Bonchev–Trinajstić information content (AvgIpc) is 3.04. The fraction of sp³-hybridized carbons (Fsp3) is 0.889. The minimum atomic E-state index is -4.27. The van der Waals surface area contributed by atoms with E-state index in [0.717, 1.165) is 25.7 Å². The van der Waals surface area contributed by atoms with Crippen LogP contribution in [0.1, 0.15) is 92.4 Å². The van der Waals surface area contributed by atoms with Crippen molar-refractivity contribution in [2.24, 2.45) is 52.3 Å². The minimum Gasteiger partial charge on any atom is -0.330 e. The average molecular weight is 454 g/mol. The van der Waals surface area contributed by atoms with Crippen molar-refractivity contribution in [1.82, 2.24) is 5.32 Å². The van der Waals surface area contributed by atoms with E-state index in [4.69, 9.17) is 0 Å². The summed E-state index contributed by atoms with van der Waals surface area (Å²) in [7, 11) is 0. The van der Waals surface area contributed by atoms with Crippen molar-refractivity contribution in [3.63, 3.8) is 0 Å². The SMILES string of the molecule is CC(C)CCC[C@@H](C)[C@H]1CC[C@H]2[C@@H]3C(C(F)(F)F)C=C4NC(=O)CC[C@]4(C)[C@H]3CC[C@]12C. The van der Waals surface area contributed by atoms with Gasteiger partial charge in [0.05, 0.1) is 5.92 Å². The van der Waals surface area contributed by atoms with Crippen LogP contribution in [-0.2, 0) is 4.79 Å². The molecule has 3 aliphatic carbocycles. The Balaban J connectivity index is 1.64. The molecule has 1 heterocycles. The predicted molar refractivity (Wildman–Crippen MR) is 121 cm³/mol. The van der Waals surface area contributed by atoms with Gasteiger partial charge in [-0.25, -0.2) is 0 Å². The first kappa shape index (κ1) is 24.1. The molecule has 1 aliphatic heterocycles. The number of piperidine rings is 1. The van der Waals surface area contributed by atoms with E-state index in [1.54, 1.807) is 0 Å². The number of hydrogen-bond acceptors (Lipinski definition) is 1. The van der Waals surface area contributed by atoms with E-state index in [0.29, 0.717) is 36.3 Å². The van der Waals surface area contributed by atoms with Gasteiger partial charge in [0.15, 0.2) is 0 Å². The zero-order valence-electron chi connectivity index (χ0n) is 20.5. The van der Waals surface area contributed by atoms with Crippen molar-refractivity contribution < 1.29 is 18.0 Å². The molecular formula is C27H42F3NO. The Bertz CT molecular complexity index is 758. The Kier molecular flexibility index (Phi) is 6.29. The van der Waals surface area contributed by atoms with Gasteiger partial charge >= 0.3 is 6.18 Å². The third-order valence-corrected chi connectivity index (χ3v) is 10.3. The Hall–Kier alpha value is -1.00. The van der Waals surface area contributed by atoms with Crippen molar-refractivity contribution in [2.45, 2.75) is 98.6 Å². The molecule has 1 N–H and O–H groups in total. The topological polar surface area (TPSA) is 29.1 Å². The van der Waals surface area contributed by atoms with Crippen molar-refractivity contribution >= 4 is 5.91 Å². The van der Waals surface area contributed by atoms with Crippen molar-refractivity contribution in [3.8, 4) is 0 Å². The van der Waals surface area contributed by atoms with Gasteiger partial charge in [-0.2, -0.15) is 13.2 Å². The van der Waals surface area contributed by atoms with E-state index in [1.807, 2.05) is 0 Å². The van der Waals surface area contributed by atoms with Gasteiger partial charge in [0.1, 0.15) is 0 Å². The van der Waals surface area contributed by atoms with Crippen LogP contribution in [0.5, 0.6) is 0 Å². The summed E-state index contributed by atoms with van der Waals surface area (Å²) >= 11 is 0. The Morgan fingerprint density at radius 2 is 1.78 bits per heavy atom. The van der Waals surface area contributed by atoms with Gasteiger partial charge in [0.2, 0.25) is 5.91 Å². The molecule has 1 amide bonds. The van der Waals surface area contributed by atoms with Gasteiger partial charge in [-0.3, -0.25) is 4.79 Å². The summed E-state index contributed by atoms with van der Waals surface area (Å²) in [4.78, 5) is 12.0. The van der Waals surface area contributed by atoms with Crippen LogP contribution in [0, 0.1) is 52.3 Å². The largest absolute Gasteiger partial charge is 0.395 e. The quantitative estimate of drug-likeness (QED) is 0.459. The van der Waals surface area contributed by atoms with E-state index >= 15 is 0 Å². The van der Waals surface area contributed by atoms with Crippen LogP contribution in [0.4, 0.5) is 13.2 Å². The molecule has 1 unspecified atom stereocenters. The Morgan fingerprint density at radius 3 is 2.44 bits per heavy atom. The van der Waals surface area contributed by atoms with Crippen LogP contribution in [0.2, 0.25) is 0 Å². The first-order chi connectivity index (χ1) is 14.9. The van der Waals surface area contributed by atoms with E-state index < -0.39 is 12.1 Å². The van der Waals surface area contributed by atoms with Gasteiger partial charge in [-0.1, -0.05) is 60.0 Å². The van der Waals surface area contributed by atoms with Gasteiger partial charge < -0.3 is 5.32 Å². The number of rotatable bonds is 5. The number of alkyl halides is 3. The molecular weight excluding hydrogens is 411 g/mol. The van der Waals surface area contributed by atoms with E-state index in [1.165, 1.54) is 25.3 Å². The summed E-state index contributed by atoms with van der Waals surface area (Å²) < 4.78 is 43.2. The zero-order valence-corrected chi connectivity index (χ0v) is 20.5. The number of nitrogens with one attached hydrogen (secondary N) is 1. The molecule has 0 aromatic carbocycles. The second-order valence-electron chi connectivity index (χ2n) is 12.4. The third-order valence-electron chi connectivity index (χ3n) is 10.3. The second kappa shape index (κ2) is 8.34. The van der Waals surface area contributed by atoms with E-state index in [2.05, 4.69) is 39.9 Å². The van der Waals surface area contributed by atoms with E-state index in [-0.39, 0.29) is 34.5 Å². The molecule has 182 valence electrons. The number of halogens is 3. The molecule has 32 heavy (non-hydrogen) atoms. The van der Waals surface area contributed by atoms with Crippen molar-refractivity contribution in [1.29, 1.82) is 0 Å². The molecule has 2 saturated carbocycles. The maximum atomic E-state index is 14.4. The highest BCUT2D eigenvalue weighted by molar-refractivity contribution is 5.79. The third kappa shape index (κ3) is 3.94. The lowest BCUT2D eigenvalue weighted by Gasteiger charge is -2.59. The van der Waals surface area contributed by atoms with E-state index in [9.17, 15) is 18.0 Å². The van der Waals surface area contributed by atoms with Crippen LogP contribution in [-0.4, -0.2) is 12.1 Å². The first-order valence-electron chi connectivity index (χ1n) is 13.0. The first-order valence-corrected chi connectivity index (χ1v) is 13.0. The molecule has 4 rings (SSSR count). The highest BCUT2D eigenvalue weighted by atomic mass is 19.4. The van der Waals surface area contributed by atoms with Crippen LogP contribution in [0.15, 0.2) is 11.8 Å². The lowest BCUT2D eigenvalue weighted by Crippen LogP contribution is -2.57. The molecule has 5 heteroatoms. The van der Waals surface area contributed by atoms with Crippen LogP contribution in [0.3, 0.4) is 0 Å². The Labute approximate surface area is 192 Å². The normalized spacial score (nSPS) is 42.6. The highest BCUT2D eigenvalue weighted by Gasteiger charge is 2.64. The van der Waals surface area contributed by atoms with Gasteiger partial charge in [0.25, 0.3) is 0 Å². The van der Waals surface area contributed by atoms with Crippen molar-refractivity contribution in [3.05, 3.63) is 11.8 Å². The maximum absolute atomic E-state index is 14.4. The fourth-order valence-electron chi connectivity index (χ4n) is 8.55. The second-order valence-corrected chi connectivity index (χ2v) is 12.4. The molecule has 2 nitrogen and oxygen atoms in total. The molecule has 0 bridgehead atoms. The zero-order chi connectivity index (χ0) is 23.5. The van der Waals surface area contributed by atoms with Gasteiger partial charge in [-0.05, 0) is 73.0 Å². The molecule has 1 saturated heterocycles. The molecule has 0 spiro atoms.